The van der Waals surface area contributed by atoms with Crippen LogP contribution in [0.15, 0.2) is 48.9 Å². The normalized spacial score (nSPS) is 11.2. The molecule has 0 atom stereocenters. The van der Waals surface area contributed by atoms with Crippen molar-refractivity contribution in [2.45, 2.75) is 26.3 Å². The van der Waals surface area contributed by atoms with Gasteiger partial charge >= 0.3 is 6.01 Å². The van der Waals surface area contributed by atoms with E-state index < -0.39 is 11.4 Å². The summed E-state index contributed by atoms with van der Waals surface area (Å²) < 4.78 is 5.28. The second kappa shape index (κ2) is 8.43. The van der Waals surface area contributed by atoms with E-state index in [4.69, 9.17) is 10.00 Å². The molecule has 2 N–H and O–H groups in total. The van der Waals surface area contributed by atoms with E-state index in [1.807, 2.05) is 31.2 Å². The van der Waals surface area contributed by atoms with Crippen LogP contribution in [0.25, 0.3) is 33.5 Å². The van der Waals surface area contributed by atoms with Crippen LogP contribution in [0, 0.1) is 11.3 Å². The first-order chi connectivity index (χ1) is 15.4. The zero-order valence-electron chi connectivity index (χ0n) is 17.9. The molecule has 0 saturated heterocycles. The Labute approximate surface area is 184 Å². The Morgan fingerprint density at radius 2 is 1.91 bits per heavy atom. The number of aromatic nitrogens is 5. The van der Waals surface area contributed by atoms with Crippen LogP contribution in [-0.4, -0.2) is 43.0 Å². The maximum atomic E-state index is 12.5. The summed E-state index contributed by atoms with van der Waals surface area (Å²) >= 11 is 0. The number of nitriles is 1. The van der Waals surface area contributed by atoms with E-state index in [0.29, 0.717) is 24.0 Å². The summed E-state index contributed by atoms with van der Waals surface area (Å²) in [5, 5.41) is 12.7. The van der Waals surface area contributed by atoms with Gasteiger partial charge in [-0.1, -0.05) is 6.07 Å². The lowest BCUT2D eigenvalue weighted by atomic mass is 10.1. The van der Waals surface area contributed by atoms with Crippen LogP contribution in [0.4, 0.5) is 0 Å². The molecule has 0 unspecified atom stereocenters. The summed E-state index contributed by atoms with van der Waals surface area (Å²) in [6.45, 7) is 5.64. The number of aromatic amines is 1. The minimum atomic E-state index is -0.985. The van der Waals surface area contributed by atoms with E-state index >= 15 is 0 Å². The Morgan fingerprint density at radius 3 is 2.62 bits per heavy atom. The number of carbonyl (C=O) groups excluding carboxylic acids is 1. The first-order valence-electron chi connectivity index (χ1n) is 10.0. The molecule has 0 radical (unpaired) electrons. The lowest BCUT2D eigenvalue weighted by molar-refractivity contribution is 0.0924. The van der Waals surface area contributed by atoms with Crippen LogP contribution >= 0.6 is 0 Å². The van der Waals surface area contributed by atoms with Crippen LogP contribution in [0.3, 0.4) is 0 Å². The molecule has 4 aromatic rings. The van der Waals surface area contributed by atoms with Crippen molar-refractivity contribution in [2.75, 3.05) is 6.61 Å². The SMILES string of the molecule is CCOc1ncc(-c2cc3cc(-c4cccc(C(=O)NC(C)(C)C#N)n4)cnc3[nH]2)cn1. The minimum Gasteiger partial charge on any atom is -0.464 e. The van der Waals surface area contributed by atoms with Crippen LogP contribution in [-0.2, 0) is 0 Å². The first-order valence-corrected chi connectivity index (χ1v) is 10.0. The van der Waals surface area contributed by atoms with Crippen molar-refractivity contribution in [1.29, 1.82) is 5.26 Å². The quantitative estimate of drug-likeness (QED) is 0.481. The molecule has 0 saturated carbocycles. The van der Waals surface area contributed by atoms with Crippen molar-refractivity contribution in [2.24, 2.45) is 0 Å². The van der Waals surface area contributed by atoms with Crippen LogP contribution in [0.2, 0.25) is 0 Å². The van der Waals surface area contributed by atoms with Gasteiger partial charge in [0.25, 0.3) is 5.91 Å². The van der Waals surface area contributed by atoms with Gasteiger partial charge in [-0.05, 0) is 45.0 Å². The van der Waals surface area contributed by atoms with Crippen LogP contribution in [0.1, 0.15) is 31.3 Å². The van der Waals surface area contributed by atoms with E-state index in [1.165, 1.54) is 0 Å². The van der Waals surface area contributed by atoms with Crippen LogP contribution < -0.4 is 10.1 Å². The lowest BCUT2D eigenvalue weighted by Gasteiger charge is -2.17. The third-order valence-electron chi connectivity index (χ3n) is 4.67. The number of hydrogen-bond acceptors (Lipinski definition) is 7. The van der Waals surface area contributed by atoms with Gasteiger partial charge < -0.3 is 15.0 Å². The summed E-state index contributed by atoms with van der Waals surface area (Å²) in [4.78, 5) is 33.1. The van der Waals surface area contributed by atoms with Gasteiger partial charge in [-0.3, -0.25) is 4.79 Å². The predicted molar refractivity (Wildman–Crippen MR) is 119 cm³/mol. The molecule has 0 aromatic carbocycles. The number of carbonyl (C=O) groups is 1. The highest BCUT2D eigenvalue weighted by molar-refractivity contribution is 5.94. The Hall–Kier alpha value is -4.32. The highest BCUT2D eigenvalue weighted by Gasteiger charge is 2.21. The smallest absolute Gasteiger partial charge is 0.316 e. The molecular weight excluding hydrogens is 406 g/mol. The molecule has 0 fully saturated rings. The highest BCUT2D eigenvalue weighted by Crippen LogP contribution is 2.26. The molecule has 32 heavy (non-hydrogen) atoms. The highest BCUT2D eigenvalue weighted by atomic mass is 16.5. The van der Waals surface area contributed by atoms with Gasteiger partial charge in [0.15, 0.2) is 0 Å². The van der Waals surface area contributed by atoms with Gasteiger partial charge in [0.1, 0.15) is 16.9 Å². The molecule has 4 heterocycles. The van der Waals surface area contributed by atoms with Crippen molar-refractivity contribution in [1.82, 2.24) is 30.2 Å². The monoisotopic (exact) mass is 427 g/mol. The third kappa shape index (κ3) is 4.39. The minimum absolute atomic E-state index is 0.229. The average molecular weight is 427 g/mol. The number of amides is 1. The Balaban J connectivity index is 1.62. The molecule has 0 spiro atoms. The average Bonchev–Trinajstić information content (AvgIpc) is 3.23. The first kappa shape index (κ1) is 20.9. The second-order valence-electron chi connectivity index (χ2n) is 7.63. The number of pyridine rings is 2. The topological polar surface area (TPSA) is 129 Å². The number of nitrogens with zero attached hydrogens (tertiary/aromatic N) is 5. The van der Waals surface area contributed by atoms with E-state index in [-0.39, 0.29) is 5.69 Å². The summed E-state index contributed by atoms with van der Waals surface area (Å²) in [5.41, 5.74) is 2.96. The van der Waals surface area contributed by atoms with Crippen molar-refractivity contribution in [3.05, 3.63) is 54.6 Å². The zero-order valence-corrected chi connectivity index (χ0v) is 17.9. The van der Waals surface area contributed by atoms with Gasteiger partial charge in [-0.15, -0.1) is 0 Å². The third-order valence-corrected chi connectivity index (χ3v) is 4.67. The zero-order chi connectivity index (χ0) is 22.7. The van der Waals surface area contributed by atoms with Gasteiger partial charge in [-0.2, -0.15) is 5.26 Å². The predicted octanol–water partition coefficient (Wildman–Crippen LogP) is 3.51. The molecule has 4 aromatic heterocycles. The van der Waals surface area contributed by atoms with Crippen molar-refractivity contribution in [3.63, 3.8) is 0 Å². The van der Waals surface area contributed by atoms with E-state index in [9.17, 15) is 4.79 Å². The van der Waals surface area contributed by atoms with E-state index in [1.54, 1.807) is 44.6 Å². The lowest BCUT2D eigenvalue weighted by Crippen LogP contribution is -2.42. The number of rotatable bonds is 6. The number of ether oxygens (including phenoxy) is 1. The van der Waals surface area contributed by atoms with Gasteiger partial charge in [0, 0.05) is 35.1 Å². The van der Waals surface area contributed by atoms with Gasteiger partial charge in [-0.25, -0.2) is 19.9 Å². The van der Waals surface area contributed by atoms with E-state index in [0.717, 1.165) is 22.2 Å². The molecule has 0 aliphatic carbocycles. The molecule has 9 nitrogen and oxygen atoms in total. The van der Waals surface area contributed by atoms with Crippen molar-refractivity contribution < 1.29 is 9.53 Å². The molecule has 0 bridgehead atoms. The molecule has 9 heteroatoms. The van der Waals surface area contributed by atoms with E-state index in [2.05, 4.69) is 30.2 Å². The van der Waals surface area contributed by atoms with Crippen LogP contribution in [0.5, 0.6) is 6.01 Å². The summed E-state index contributed by atoms with van der Waals surface area (Å²) in [6, 6.07) is 11.4. The molecule has 0 aliphatic rings. The Bertz CT molecular complexity index is 1320. The standard InChI is InChI=1S/C23H21N7O2/c1-4-32-22-26-11-16(12-27-22)19-9-14-8-15(10-25-20(14)29-19)17-6-5-7-18(28-17)21(31)30-23(2,3)13-24/h5-12H,4H2,1-3H3,(H,25,29)(H,30,31). The molecule has 1 amide bonds. The number of hydrogen-bond donors (Lipinski definition) is 2. The van der Waals surface area contributed by atoms with Gasteiger partial charge in [0.05, 0.1) is 24.1 Å². The Morgan fingerprint density at radius 1 is 1.16 bits per heavy atom. The maximum absolute atomic E-state index is 12.5. The number of H-pyrrole nitrogens is 1. The maximum Gasteiger partial charge on any atom is 0.316 e. The van der Waals surface area contributed by atoms with Crippen molar-refractivity contribution in [3.8, 4) is 34.6 Å². The summed E-state index contributed by atoms with van der Waals surface area (Å²) in [7, 11) is 0. The second-order valence-corrected chi connectivity index (χ2v) is 7.63. The largest absolute Gasteiger partial charge is 0.464 e. The fourth-order valence-electron chi connectivity index (χ4n) is 3.07. The molecule has 4 rings (SSSR count). The molecule has 160 valence electrons. The molecular formula is C23H21N7O2. The summed E-state index contributed by atoms with van der Waals surface area (Å²) in [6.07, 6.45) is 5.08. The molecule has 0 aliphatic heterocycles. The number of fused-ring (bicyclic) bond motifs is 1. The fourth-order valence-corrected chi connectivity index (χ4v) is 3.07. The summed E-state index contributed by atoms with van der Waals surface area (Å²) in [5.74, 6) is -0.410. The number of nitrogens with one attached hydrogen (secondary N) is 2. The van der Waals surface area contributed by atoms with Crippen molar-refractivity contribution >= 4 is 16.9 Å². The fraction of sp³-hybridized carbons (Fsp3) is 0.217. The van der Waals surface area contributed by atoms with Gasteiger partial charge in [0.2, 0.25) is 0 Å². The Kier molecular flexibility index (Phi) is 5.52.